The van der Waals surface area contributed by atoms with Crippen LogP contribution in [0.4, 0.5) is 0 Å². The fraction of sp³-hybridized carbons (Fsp3) is 0. The SMILES string of the molecule is N#Cc1cc(C#N)cc(-c2cc(-c3ccc4c(c3)sc3ccccc34)cc(-c3ccc4sc5ccccc5c4c3)c2)c1. The van der Waals surface area contributed by atoms with Gasteiger partial charge in [-0.2, -0.15) is 10.5 Å². The maximum absolute atomic E-state index is 9.66. The molecule has 8 rings (SSSR count). The van der Waals surface area contributed by atoms with Crippen molar-refractivity contribution in [1.82, 2.24) is 0 Å². The maximum atomic E-state index is 9.66. The van der Waals surface area contributed by atoms with E-state index in [1.165, 1.54) is 40.3 Å². The van der Waals surface area contributed by atoms with Crippen molar-refractivity contribution in [3.05, 3.63) is 132 Å². The first-order valence-corrected chi connectivity index (χ1v) is 15.2. The van der Waals surface area contributed by atoms with Crippen LogP contribution in [0.3, 0.4) is 0 Å². The van der Waals surface area contributed by atoms with Crippen LogP contribution in [0.2, 0.25) is 0 Å². The summed E-state index contributed by atoms with van der Waals surface area (Å²) in [4.78, 5) is 0. The molecule has 0 saturated heterocycles. The van der Waals surface area contributed by atoms with Gasteiger partial charge in [0.1, 0.15) is 0 Å². The summed E-state index contributed by atoms with van der Waals surface area (Å²) in [5.41, 5.74) is 7.25. The van der Waals surface area contributed by atoms with Crippen LogP contribution in [-0.4, -0.2) is 0 Å². The maximum Gasteiger partial charge on any atom is 0.0992 e. The van der Waals surface area contributed by atoms with Gasteiger partial charge in [0.05, 0.1) is 23.3 Å². The molecule has 0 N–H and O–H groups in total. The van der Waals surface area contributed by atoms with Crippen molar-refractivity contribution in [1.29, 1.82) is 10.5 Å². The summed E-state index contributed by atoms with van der Waals surface area (Å²) in [5, 5.41) is 24.4. The summed E-state index contributed by atoms with van der Waals surface area (Å²) in [6.45, 7) is 0. The van der Waals surface area contributed by atoms with E-state index in [9.17, 15) is 10.5 Å². The Hall–Kier alpha value is -5.26. The molecule has 0 saturated carbocycles. The minimum Gasteiger partial charge on any atom is -0.192 e. The summed E-state index contributed by atoms with van der Waals surface area (Å²) >= 11 is 3.63. The van der Waals surface area contributed by atoms with Crippen molar-refractivity contribution < 1.29 is 0 Å². The Labute approximate surface area is 250 Å². The molecule has 2 nitrogen and oxygen atoms in total. The topological polar surface area (TPSA) is 47.6 Å². The molecule has 194 valence electrons. The predicted octanol–water partition coefficient (Wildman–Crippen LogP) is 11.2. The monoisotopic (exact) mass is 568 g/mol. The van der Waals surface area contributed by atoms with E-state index in [1.807, 2.05) is 34.8 Å². The first kappa shape index (κ1) is 24.5. The van der Waals surface area contributed by atoms with Crippen molar-refractivity contribution in [3.8, 4) is 45.5 Å². The van der Waals surface area contributed by atoms with Crippen LogP contribution in [0.15, 0.2) is 121 Å². The van der Waals surface area contributed by atoms with Gasteiger partial charge in [-0.1, -0.05) is 54.6 Å². The highest BCUT2D eigenvalue weighted by molar-refractivity contribution is 7.26. The van der Waals surface area contributed by atoms with Crippen LogP contribution < -0.4 is 0 Å². The fourth-order valence-corrected chi connectivity index (χ4v) is 8.09. The standard InChI is InChI=1S/C38H20N2S2/c39-21-23-13-24(22-40)15-27(14-23)30-17-28(25-10-12-37-34(19-25)32-6-2-4-8-36(32)41-37)16-29(18-30)26-9-11-33-31-5-1-3-7-35(31)42-38(33)20-26/h1-20H. The Morgan fingerprint density at radius 1 is 0.357 bits per heavy atom. The summed E-state index contributed by atoms with van der Waals surface area (Å²) in [6.07, 6.45) is 0. The molecule has 0 fully saturated rings. The van der Waals surface area contributed by atoms with E-state index in [4.69, 9.17) is 0 Å². The Balaban J connectivity index is 1.36. The zero-order valence-electron chi connectivity index (χ0n) is 22.3. The van der Waals surface area contributed by atoms with Crippen LogP contribution in [0.1, 0.15) is 11.1 Å². The average molecular weight is 569 g/mol. The van der Waals surface area contributed by atoms with Gasteiger partial charge in [0.25, 0.3) is 0 Å². The lowest BCUT2D eigenvalue weighted by molar-refractivity contribution is 1.44. The van der Waals surface area contributed by atoms with E-state index in [0.717, 1.165) is 33.4 Å². The Morgan fingerprint density at radius 3 is 1.50 bits per heavy atom. The summed E-state index contributed by atoms with van der Waals surface area (Å²) < 4.78 is 5.10. The van der Waals surface area contributed by atoms with Crippen LogP contribution in [0.25, 0.3) is 73.7 Å². The molecule has 0 amide bonds. The van der Waals surface area contributed by atoms with Crippen molar-refractivity contribution in [2.75, 3.05) is 0 Å². The highest BCUT2D eigenvalue weighted by atomic mass is 32.1. The number of nitrogens with zero attached hydrogens (tertiary/aromatic N) is 2. The van der Waals surface area contributed by atoms with E-state index in [-0.39, 0.29) is 0 Å². The molecule has 8 aromatic rings. The van der Waals surface area contributed by atoms with Gasteiger partial charge in [-0.05, 0) is 100 Å². The van der Waals surface area contributed by atoms with Crippen molar-refractivity contribution >= 4 is 63.0 Å². The van der Waals surface area contributed by atoms with Gasteiger partial charge >= 0.3 is 0 Å². The van der Waals surface area contributed by atoms with Gasteiger partial charge < -0.3 is 0 Å². The quantitative estimate of drug-likeness (QED) is 0.213. The summed E-state index contributed by atoms with van der Waals surface area (Å²) in [7, 11) is 0. The Bertz CT molecular complexity index is 2410. The lowest BCUT2D eigenvalue weighted by atomic mass is 9.91. The molecule has 2 heterocycles. The Kier molecular flexibility index (Phi) is 5.66. The highest BCUT2D eigenvalue weighted by Crippen LogP contribution is 2.40. The van der Waals surface area contributed by atoms with E-state index < -0.39 is 0 Å². The second-order valence-corrected chi connectivity index (χ2v) is 12.6. The third-order valence-electron chi connectivity index (χ3n) is 7.88. The normalized spacial score (nSPS) is 11.3. The summed E-state index contributed by atoms with van der Waals surface area (Å²) in [6, 6.07) is 46.9. The molecule has 0 radical (unpaired) electrons. The number of fused-ring (bicyclic) bond motifs is 6. The van der Waals surface area contributed by atoms with E-state index >= 15 is 0 Å². The molecule has 6 aromatic carbocycles. The van der Waals surface area contributed by atoms with Gasteiger partial charge in [0.15, 0.2) is 0 Å². The zero-order chi connectivity index (χ0) is 28.2. The van der Waals surface area contributed by atoms with E-state index in [0.29, 0.717) is 11.1 Å². The fourth-order valence-electron chi connectivity index (χ4n) is 5.86. The first-order valence-electron chi connectivity index (χ1n) is 13.6. The van der Waals surface area contributed by atoms with Gasteiger partial charge in [0.2, 0.25) is 0 Å². The van der Waals surface area contributed by atoms with Crippen molar-refractivity contribution in [2.24, 2.45) is 0 Å². The number of hydrogen-bond acceptors (Lipinski definition) is 4. The predicted molar refractivity (Wildman–Crippen MR) is 178 cm³/mol. The molecule has 2 aromatic heterocycles. The molecular weight excluding hydrogens is 549 g/mol. The average Bonchev–Trinajstić information content (AvgIpc) is 3.61. The molecule has 0 bridgehead atoms. The van der Waals surface area contributed by atoms with E-state index in [1.54, 1.807) is 6.07 Å². The van der Waals surface area contributed by atoms with Crippen molar-refractivity contribution in [2.45, 2.75) is 0 Å². The second-order valence-electron chi connectivity index (χ2n) is 10.4. The van der Waals surface area contributed by atoms with Gasteiger partial charge in [-0.15, -0.1) is 22.7 Å². The largest absolute Gasteiger partial charge is 0.192 e. The second kappa shape index (κ2) is 9.68. The highest BCUT2D eigenvalue weighted by Gasteiger charge is 2.13. The molecule has 0 unspecified atom stereocenters. The number of benzene rings is 6. The zero-order valence-corrected chi connectivity index (χ0v) is 23.9. The molecular formula is C38H20N2S2. The minimum absolute atomic E-state index is 0.480. The van der Waals surface area contributed by atoms with Crippen LogP contribution in [0, 0.1) is 22.7 Å². The number of thiophene rings is 2. The Morgan fingerprint density at radius 2 is 0.833 bits per heavy atom. The van der Waals surface area contributed by atoms with Crippen LogP contribution in [0.5, 0.6) is 0 Å². The van der Waals surface area contributed by atoms with Crippen molar-refractivity contribution in [3.63, 3.8) is 0 Å². The smallest absolute Gasteiger partial charge is 0.0992 e. The molecule has 42 heavy (non-hydrogen) atoms. The molecule has 0 aliphatic carbocycles. The number of hydrogen-bond donors (Lipinski definition) is 0. The van der Waals surface area contributed by atoms with Crippen LogP contribution >= 0.6 is 22.7 Å². The van der Waals surface area contributed by atoms with Crippen LogP contribution in [-0.2, 0) is 0 Å². The lowest BCUT2D eigenvalue weighted by Crippen LogP contribution is -1.88. The lowest BCUT2D eigenvalue weighted by Gasteiger charge is -2.12. The van der Waals surface area contributed by atoms with Gasteiger partial charge in [-0.25, -0.2) is 0 Å². The molecule has 0 atom stereocenters. The van der Waals surface area contributed by atoms with Gasteiger partial charge in [0, 0.05) is 40.3 Å². The number of nitriles is 2. The minimum atomic E-state index is 0.480. The summed E-state index contributed by atoms with van der Waals surface area (Å²) in [5.74, 6) is 0. The first-order chi connectivity index (χ1) is 20.7. The third-order valence-corrected chi connectivity index (χ3v) is 10.2. The molecule has 0 aliphatic heterocycles. The molecule has 4 heteroatoms. The third kappa shape index (κ3) is 4.06. The number of rotatable bonds is 3. The van der Waals surface area contributed by atoms with E-state index in [2.05, 4.69) is 115 Å². The molecule has 0 spiro atoms. The molecule has 0 aliphatic rings. The van der Waals surface area contributed by atoms with Gasteiger partial charge in [-0.3, -0.25) is 0 Å².